The van der Waals surface area contributed by atoms with Crippen LogP contribution in [0.25, 0.3) is 15.3 Å². The fourth-order valence-corrected chi connectivity index (χ4v) is 5.65. The Hall–Kier alpha value is -3.85. The zero-order chi connectivity index (χ0) is 23.4. The standard InChI is InChI=1S/C25H21N5O3S/c1-14-10-21(27-22(31)13-29-23(32)17-8-4-5-9-18(17)24(29)33)30(28-14)25-26-19-11-15-6-2-3-7-16(15)12-20(19)34-25/h4-5,8-12H,2-3,6-7,13H2,1H3,(H,27,31). The lowest BCUT2D eigenvalue weighted by atomic mass is 9.92. The molecule has 1 aliphatic carbocycles. The Bertz CT molecular complexity index is 1420. The number of aryl methyl sites for hydroxylation is 3. The van der Waals surface area contributed by atoms with Crippen LogP contribution in [0.1, 0.15) is 50.4 Å². The van der Waals surface area contributed by atoms with Crippen LogP contribution >= 0.6 is 11.3 Å². The van der Waals surface area contributed by atoms with Gasteiger partial charge in [0.05, 0.1) is 27.0 Å². The van der Waals surface area contributed by atoms with Crippen molar-refractivity contribution in [2.75, 3.05) is 11.9 Å². The van der Waals surface area contributed by atoms with Crippen molar-refractivity contribution in [2.45, 2.75) is 32.6 Å². The molecule has 1 N–H and O–H groups in total. The van der Waals surface area contributed by atoms with Crippen molar-refractivity contribution in [3.05, 3.63) is 70.4 Å². The molecular weight excluding hydrogens is 450 g/mol. The number of anilines is 1. The lowest BCUT2D eigenvalue weighted by Crippen LogP contribution is -2.37. The van der Waals surface area contributed by atoms with Crippen molar-refractivity contribution >= 4 is 45.1 Å². The molecule has 34 heavy (non-hydrogen) atoms. The summed E-state index contributed by atoms with van der Waals surface area (Å²) in [5.41, 5.74) is 5.03. The molecule has 0 bridgehead atoms. The number of nitrogens with zero attached hydrogens (tertiary/aromatic N) is 4. The van der Waals surface area contributed by atoms with Gasteiger partial charge in [-0.1, -0.05) is 23.5 Å². The van der Waals surface area contributed by atoms with Gasteiger partial charge in [0, 0.05) is 6.07 Å². The minimum Gasteiger partial charge on any atom is -0.309 e. The number of imide groups is 1. The van der Waals surface area contributed by atoms with E-state index in [1.54, 1.807) is 35.0 Å². The zero-order valence-corrected chi connectivity index (χ0v) is 19.3. The van der Waals surface area contributed by atoms with E-state index in [9.17, 15) is 14.4 Å². The summed E-state index contributed by atoms with van der Waals surface area (Å²) in [5, 5.41) is 7.98. The van der Waals surface area contributed by atoms with Gasteiger partial charge in [0.2, 0.25) is 11.0 Å². The van der Waals surface area contributed by atoms with Gasteiger partial charge in [-0.05, 0) is 68.0 Å². The first-order valence-electron chi connectivity index (χ1n) is 11.2. The van der Waals surface area contributed by atoms with E-state index < -0.39 is 17.7 Å². The number of thiazole rings is 1. The molecule has 0 radical (unpaired) electrons. The van der Waals surface area contributed by atoms with Gasteiger partial charge in [0.1, 0.15) is 12.4 Å². The highest BCUT2D eigenvalue weighted by Gasteiger charge is 2.36. The van der Waals surface area contributed by atoms with Gasteiger partial charge in [0.25, 0.3) is 11.8 Å². The van der Waals surface area contributed by atoms with Gasteiger partial charge in [-0.15, -0.1) is 0 Å². The molecule has 3 heterocycles. The maximum Gasteiger partial charge on any atom is 0.262 e. The number of fused-ring (bicyclic) bond motifs is 3. The van der Waals surface area contributed by atoms with Gasteiger partial charge < -0.3 is 5.32 Å². The first-order valence-corrected chi connectivity index (χ1v) is 12.0. The average molecular weight is 472 g/mol. The maximum atomic E-state index is 12.8. The Kier molecular flexibility index (Phi) is 4.80. The highest BCUT2D eigenvalue weighted by Crippen LogP contribution is 2.32. The first kappa shape index (κ1) is 20.7. The van der Waals surface area contributed by atoms with E-state index in [-0.39, 0.29) is 6.54 Å². The highest BCUT2D eigenvalue weighted by atomic mass is 32.1. The lowest BCUT2D eigenvalue weighted by molar-refractivity contribution is -0.116. The van der Waals surface area contributed by atoms with E-state index in [1.165, 1.54) is 35.3 Å². The number of rotatable bonds is 4. The van der Waals surface area contributed by atoms with Crippen LogP contribution in [0.4, 0.5) is 5.82 Å². The highest BCUT2D eigenvalue weighted by molar-refractivity contribution is 7.20. The van der Waals surface area contributed by atoms with Gasteiger partial charge in [-0.25, -0.2) is 4.98 Å². The summed E-state index contributed by atoms with van der Waals surface area (Å²) in [6.45, 7) is 1.46. The summed E-state index contributed by atoms with van der Waals surface area (Å²) in [6.07, 6.45) is 4.60. The smallest absolute Gasteiger partial charge is 0.262 e. The van der Waals surface area contributed by atoms with E-state index in [0.29, 0.717) is 22.1 Å². The first-order chi connectivity index (χ1) is 16.5. The predicted molar refractivity (Wildman–Crippen MR) is 129 cm³/mol. The number of benzene rings is 2. The summed E-state index contributed by atoms with van der Waals surface area (Å²) in [6, 6.07) is 12.7. The molecule has 4 aromatic rings. The molecule has 0 saturated heterocycles. The molecule has 0 saturated carbocycles. The molecule has 170 valence electrons. The summed E-state index contributed by atoms with van der Waals surface area (Å²) in [4.78, 5) is 43.8. The van der Waals surface area contributed by atoms with E-state index in [2.05, 4.69) is 22.5 Å². The van der Waals surface area contributed by atoms with Crippen LogP contribution in [0.3, 0.4) is 0 Å². The van der Waals surface area contributed by atoms with E-state index in [1.807, 2.05) is 6.92 Å². The van der Waals surface area contributed by atoms with Crippen LogP contribution in [-0.4, -0.2) is 43.9 Å². The average Bonchev–Trinajstić information content (AvgIpc) is 3.48. The Morgan fingerprint density at radius 1 is 1.03 bits per heavy atom. The van der Waals surface area contributed by atoms with Crippen LogP contribution in [0.15, 0.2) is 42.5 Å². The summed E-state index contributed by atoms with van der Waals surface area (Å²) in [5.74, 6) is -0.957. The molecule has 3 amide bonds. The number of carbonyl (C=O) groups excluding carboxylic acids is 3. The number of hydrogen-bond acceptors (Lipinski definition) is 6. The van der Waals surface area contributed by atoms with Crippen molar-refractivity contribution < 1.29 is 14.4 Å². The SMILES string of the molecule is Cc1cc(NC(=O)CN2C(=O)c3ccccc3C2=O)n(-c2nc3cc4c(cc3s2)CCCC4)n1. The van der Waals surface area contributed by atoms with Gasteiger partial charge in [0.15, 0.2) is 0 Å². The Labute approximate surface area is 199 Å². The molecule has 0 atom stereocenters. The number of nitrogens with one attached hydrogen (secondary N) is 1. The Balaban J connectivity index is 1.26. The predicted octanol–water partition coefficient (Wildman–Crippen LogP) is 3.90. The van der Waals surface area contributed by atoms with E-state index in [0.717, 1.165) is 33.7 Å². The summed E-state index contributed by atoms with van der Waals surface area (Å²) >= 11 is 1.52. The molecule has 6 rings (SSSR count). The lowest BCUT2D eigenvalue weighted by Gasteiger charge is -2.14. The maximum absolute atomic E-state index is 12.8. The van der Waals surface area contributed by atoms with Crippen molar-refractivity contribution in [1.82, 2.24) is 19.7 Å². The van der Waals surface area contributed by atoms with Crippen LogP contribution in [-0.2, 0) is 17.6 Å². The topological polar surface area (TPSA) is 97.2 Å². The minimum absolute atomic E-state index is 0.318. The van der Waals surface area contributed by atoms with Crippen molar-refractivity contribution in [3.8, 4) is 5.13 Å². The molecule has 2 aromatic heterocycles. The van der Waals surface area contributed by atoms with E-state index in [4.69, 9.17) is 4.98 Å². The van der Waals surface area contributed by atoms with Gasteiger partial charge >= 0.3 is 0 Å². The second kappa shape index (κ2) is 7.88. The fourth-order valence-electron chi connectivity index (χ4n) is 4.68. The molecule has 9 heteroatoms. The van der Waals surface area contributed by atoms with Crippen molar-refractivity contribution in [2.24, 2.45) is 0 Å². The molecule has 2 aromatic carbocycles. The third-order valence-electron chi connectivity index (χ3n) is 6.30. The van der Waals surface area contributed by atoms with Crippen LogP contribution in [0.2, 0.25) is 0 Å². The summed E-state index contributed by atoms with van der Waals surface area (Å²) < 4.78 is 2.70. The molecule has 8 nitrogen and oxygen atoms in total. The Morgan fingerprint density at radius 3 is 2.41 bits per heavy atom. The molecule has 1 aliphatic heterocycles. The number of carbonyl (C=O) groups is 3. The molecule has 0 unspecified atom stereocenters. The van der Waals surface area contributed by atoms with Gasteiger partial charge in [-0.2, -0.15) is 9.78 Å². The second-order valence-electron chi connectivity index (χ2n) is 8.67. The minimum atomic E-state index is -0.479. The number of hydrogen-bond donors (Lipinski definition) is 1. The fraction of sp³-hybridized carbons (Fsp3) is 0.240. The monoisotopic (exact) mass is 471 g/mol. The molecule has 0 fully saturated rings. The van der Waals surface area contributed by atoms with Crippen LogP contribution in [0, 0.1) is 6.92 Å². The summed E-state index contributed by atoms with van der Waals surface area (Å²) in [7, 11) is 0. The largest absolute Gasteiger partial charge is 0.309 e. The molecule has 2 aliphatic rings. The van der Waals surface area contributed by atoms with Crippen molar-refractivity contribution in [1.29, 1.82) is 0 Å². The number of amides is 3. The van der Waals surface area contributed by atoms with E-state index >= 15 is 0 Å². The third kappa shape index (κ3) is 3.40. The number of aromatic nitrogens is 3. The quantitative estimate of drug-likeness (QED) is 0.455. The van der Waals surface area contributed by atoms with Crippen molar-refractivity contribution in [3.63, 3.8) is 0 Å². The third-order valence-corrected chi connectivity index (χ3v) is 7.29. The molecule has 0 spiro atoms. The van der Waals surface area contributed by atoms with Crippen LogP contribution in [0.5, 0.6) is 0 Å². The normalized spacial score (nSPS) is 15.0. The Morgan fingerprint density at radius 2 is 1.71 bits per heavy atom. The zero-order valence-electron chi connectivity index (χ0n) is 18.5. The second-order valence-corrected chi connectivity index (χ2v) is 9.67. The van der Waals surface area contributed by atoms with Gasteiger partial charge in [-0.3, -0.25) is 19.3 Å². The molecular formula is C25H21N5O3S. The van der Waals surface area contributed by atoms with Crippen LogP contribution < -0.4 is 5.32 Å².